The van der Waals surface area contributed by atoms with Crippen molar-refractivity contribution in [3.63, 3.8) is 0 Å². The quantitative estimate of drug-likeness (QED) is 0.770. The first-order chi connectivity index (χ1) is 13.1. The van der Waals surface area contributed by atoms with Gasteiger partial charge in [0.05, 0.1) is 0 Å². The Bertz CT molecular complexity index is 1010. The zero-order chi connectivity index (χ0) is 20.6. The summed E-state index contributed by atoms with van der Waals surface area (Å²) in [6, 6.07) is 5.24. The number of halogens is 1. The third kappa shape index (κ3) is 3.97. The van der Waals surface area contributed by atoms with Gasteiger partial charge < -0.3 is 10.3 Å². The summed E-state index contributed by atoms with van der Waals surface area (Å²) in [7, 11) is -3.65. The Hall–Kier alpha value is -1.83. The normalized spacial score (nSPS) is 16.3. The molecule has 1 saturated heterocycles. The van der Waals surface area contributed by atoms with Gasteiger partial charge in [-0.25, -0.2) is 8.42 Å². The fourth-order valence-corrected chi connectivity index (χ4v) is 5.66. The number of nitrogens with zero attached hydrogens (tertiary/aromatic N) is 1. The van der Waals surface area contributed by atoms with Crippen LogP contribution < -0.4 is 5.32 Å². The highest BCUT2D eigenvalue weighted by molar-refractivity contribution is 7.89. The second-order valence-electron chi connectivity index (χ2n) is 7.58. The highest BCUT2D eigenvalue weighted by atomic mass is 35.5. The van der Waals surface area contributed by atoms with Gasteiger partial charge in [0.2, 0.25) is 10.0 Å². The summed E-state index contributed by atoms with van der Waals surface area (Å²) >= 11 is 6.02. The number of carbonyl (C=O) groups is 1. The van der Waals surface area contributed by atoms with Crippen molar-refractivity contribution in [2.24, 2.45) is 5.92 Å². The van der Waals surface area contributed by atoms with Crippen molar-refractivity contribution in [2.75, 3.05) is 18.4 Å². The number of benzene rings is 1. The first-order valence-corrected chi connectivity index (χ1v) is 11.2. The van der Waals surface area contributed by atoms with E-state index in [1.807, 2.05) is 13.0 Å². The molecular weight excluding hydrogens is 398 g/mol. The molecule has 1 aromatic carbocycles. The number of carbonyl (C=O) groups excluding carboxylic acids is 1. The number of hydrogen-bond acceptors (Lipinski definition) is 3. The molecule has 0 aliphatic carbocycles. The van der Waals surface area contributed by atoms with Crippen molar-refractivity contribution in [2.45, 2.75) is 45.4 Å². The monoisotopic (exact) mass is 423 g/mol. The van der Waals surface area contributed by atoms with Crippen LogP contribution >= 0.6 is 11.6 Å². The van der Waals surface area contributed by atoms with Crippen molar-refractivity contribution < 1.29 is 13.2 Å². The van der Waals surface area contributed by atoms with Crippen LogP contribution in [0.5, 0.6) is 0 Å². The summed E-state index contributed by atoms with van der Waals surface area (Å²) in [5, 5.41) is 3.34. The molecule has 0 saturated carbocycles. The maximum absolute atomic E-state index is 13.2. The van der Waals surface area contributed by atoms with Gasteiger partial charge in [0.25, 0.3) is 5.91 Å². The second-order valence-corrected chi connectivity index (χ2v) is 9.89. The van der Waals surface area contributed by atoms with E-state index in [4.69, 9.17) is 11.6 Å². The molecule has 0 unspecified atom stereocenters. The molecule has 1 aromatic heterocycles. The van der Waals surface area contributed by atoms with Crippen LogP contribution in [0.15, 0.2) is 23.1 Å². The summed E-state index contributed by atoms with van der Waals surface area (Å²) in [6.45, 7) is 8.38. The maximum Gasteiger partial charge on any atom is 0.272 e. The van der Waals surface area contributed by atoms with Crippen LogP contribution in [0.3, 0.4) is 0 Å². The third-order valence-electron chi connectivity index (χ3n) is 5.38. The Labute approximate surface area is 171 Å². The van der Waals surface area contributed by atoms with Crippen LogP contribution in [0.25, 0.3) is 0 Å². The minimum Gasteiger partial charge on any atom is -0.353 e. The van der Waals surface area contributed by atoms with Gasteiger partial charge in [0.1, 0.15) is 10.6 Å². The number of nitrogens with one attached hydrogen (secondary N) is 2. The van der Waals surface area contributed by atoms with Crippen molar-refractivity contribution in [3.05, 3.63) is 45.7 Å². The highest BCUT2D eigenvalue weighted by Gasteiger charge is 2.33. The smallest absolute Gasteiger partial charge is 0.272 e. The van der Waals surface area contributed by atoms with Gasteiger partial charge in [0.15, 0.2) is 0 Å². The molecular formula is C20H26ClN3O3S. The highest BCUT2D eigenvalue weighted by Crippen LogP contribution is 2.30. The van der Waals surface area contributed by atoms with E-state index >= 15 is 0 Å². The van der Waals surface area contributed by atoms with E-state index in [-0.39, 0.29) is 16.5 Å². The fourth-order valence-electron chi connectivity index (χ4n) is 3.61. The summed E-state index contributed by atoms with van der Waals surface area (Å²) in [5.41, 5.74) is 2.63. The summed E-state index contributed by atoms with van der Waals surface area (Å²) in [5.74, 6) is 0.141. The number of rotatable bonds is 4. The van der Waals surface area contributed by atoms with E-state index < -0.39 is 10.0 Å². The molecule has 1 amide bonds. The molecule has 0 atom stereocenters. The number of aryl methyl sites for hydroxylation is 2. The van der Waals surface area contributed by atoms with Gasteiger partial charge in [-0.15, -0.1) is 0 Å². The molecule has 1 aliphatic heterocycles. The first kappa shape index (κ1) is 20.9. The minimum absolute atomic E-state index is 0.204. The predicted octanol–water partition coefficient (Wildman–Crippen LogP) is 4.27. The first-order valence-electron chi connectivity index (χ1n) is 9.38. The average molecular weight is 424 g/mol. The van der Waals surface area contributed by atoms with Crippen LogP contribution in [0.1, 0.15) is 47.1 Å². The molecule has 2 aromatic rings. The molecule has 3 rings (SSSR count). The standard InChI is InChI=1S/C20H26ClN3O3S/c1-12-7-9-24(10-8-12)28(26,27)19-14(3)18(22-15(19)4)20(25)23-17-11-16(21)6-5-13(17)2/h5-6,11-12,22H,7-10H2,1-4H3,(H,23,25). The Morgan fingerprint density at radius 1 is 1.21 bits per heavy atom. The number of aromatic amines is 1. The topological polar surface area (TPSA) is 82.3 Å². The molecule has 28 heavy (non-hydrogen) atoms. The molecule has 8 heteroatoms. The van der Waals surface area contributed by atoms with Crippen molar-refractivity contribution in [1.82, 2.24) is 9.29 Å². The van der Waals surface area contributed by atoms with Gasteiger partial charge >= 0.3 is 0 Å². The lowest BCUT2D eigenvalue weighted by molar-refractivity contribution is 0.102. The van der Waals surface area contributed by atoms with E-state index in [2.05, 4.69) is 17.2 Å². The summed E-state index contributed by atoms with van der Waals surface area (Å²) in [4.78, 5) is 16.0. The number of H-pyrrole nitrogens is 1. The Morgan fingerprint density at radius 3 is 2.50 bits per heavy atom. The predicted molar refractivity (Wildman–Crippen MR) is 112 cm³/mol. The lowest BCUT2D eigenvalue weighted by Gasteiger charge is -2.29. The Kier molecular flexibility index (Phi) is 5.89. The molecule has 2 N–H and O–H groups in total. The van der Waals surface area contributed by atoms with Gasteiger partial charge in [-0.05, 0) is 62.8 Å². The number of aromatic nitrogens is 1. The third-order valence-corrected chi connectivity index (χ3v) is 7.79. The van der Waals surface area contributed by atoms with Crippen LogP contribution in [-0.2, 0) is 10.0 Å². The van der Waals surface area contributed by atoms with E-state index in [9.17, 15) is 13.2 Å². The van der Waals surface area contributed by atoms with E-state index in [1.54, 1.807) is 26.0 Å². The maximum atomic E-state index is 13.2. The van der Waals surface area contributed by atoms with E-state index in [0.29, 0.717) is 41.0 Å². The Morgan fingerprint density at radius 2 is 1.86 bits per heavy atom. The van der Waals surface area contributed by atoms with Crippen molar-refractivity contribution in [3.8, 4) is 0 Å². The minimum atomic E-state index is -3.65. The molecule has 6 nitrogen and oxygen atoms in total. The lowest BCUT2D eigenvalue weighted by Crippen LogP contribution is -2.38. The molecule has 152 valence electrons. The average Bonchev–Trinajstić information content (AvgIpc) is 2.93. The SMILES string of the molecule is Cc1ccc(Cl)cc1NC(=O)c1[nH]c(C)c(S(=O)(=O)N2CCC(C)CC2)c1C. The van der Waals surface area contributed by atoms with Crippen LogP contribution in [0.4, 0.5) is 5.69 Å². The number of amides is 1. The molecule has 1 fully saturated rings. The molecule has 0 bridgehead atoms. The van der Waals surface area contributed by atoms with Crippen molar-refractivity contribution in [1.29, 1.82) is 0 Å². The van der Waals surface area contributed by atoms with Crippen LogP contribution in [-0.4, -0.2) is 36.7 Å². The zero-order valence-electron chi connectivity index (χ0n) is 16.6. The van der Waals surface area contributed by atoms with Gasteiger partial charge in [-0.3, -0.25) is 4.79 Å². The Balaban J connectivity index is 1.91. The molecule has 1 aliphatic rings. The second kappa shape index (κ2) is 7.89. The van der Waals surface area contributed by atoms with Gasteiger partial charge in [-0.1, -0.05) is 24.6 Å². The molecule has 0 spiro atoms. The zero-order valence-corrected chi connectivity index (χ0v) is 18.2. The lowest BCUT2D eigenvalue weighted by atomic mass is 10.0. The van der Waals surface area contributed by atoms with Gasteiger partial charge in [-0.2, -0.15) is 4.31 Å². The van der Waals surface area contributed by atoms with Crippen molar-refractivity contribution >= 4 is 33.2 Å². The number of piperidine rings is 1. The van der Waals surface area contributed by atoms with Gasteiger partial charge in [0, 0.05) is 29.5 Å². The van der Waals surface area contributed by atoms with E-state index in [1.165, 1.54) is 4.31 Å². The largest absolute Gasteiger partial charge is 0.353 e. The number of anilines is 1. The van der Waals surface area contributed by atoms with E-state index in [0.717, 1.165) is 18.4 Å². The fraction of sp³-hybridized carbons (Fsp3) is 0.450. The summed E-state index contributed by atoms with van der Waals surface area (Å²) in [6.07, 6.45) is 1.70. The van der Waals surface area contributed by atoms with Crippen LogP contribution in [0, 0.1) is 26.7 Å². The summed E-state index contributed by atoms with van der Waals surface area (Å²) < 4.78 is 27.9. The number of hydrogen-bond donors (Lipinski definition) is 2. The molecule has 2 heterocycles. The van der Waals surface area contributed by atoms with Crippen LogP contribution in [0.2, 0.25) is 5.02 Å². The molecule has 0 radical (unpaired) electrons. The number of sulfonamides is 1.